The van der Waals surface area contributed by atoms with Crippen LogP contribution in [0.25, 0.3) is 0 Å². The summed E-state index contributed by atoms with van der Waals surface area (Å²) in [5.74, 6) is 0.994. The normalized spacial score (nSPS) is 22.8. The highest BCUT2D eigenvalue weighted by atomic mass is 16.5. The standard InChI is InChI=1S/C14H19NO3/c1-10-7-15-8-13(10)14(16)18-9-11-4-3-5-12(6-11)17-2/h3-6,10,13,15H,7-9H2,1-2H3/t10-,13-/m1/s1. The molecule has 0 amide bonds. The molecule has 1 aromatic carbocycles. The van der Waals surface area contributed by atoms with Crippen LogP contribution in [0.5, 0.6) is 5.75 Å². The molecule has 1 saturated heterocycles. The van der Waals surface area contributed by atoms with Gasteiger partial charge in [-0.3, -0.25) is 4.79 Å². The van der Waals surface area contributed by atoms with E-state index in [9.17, 15) is 4.79 Å². The SMILES string of the molecule is COc1cccc(COC(=O)[C@@H]2CNC[C@H]2C)c1. The van der Waals surface area contributed by atoms with Gasteiger partial charge in [0.25, 0.3) is 0 Å². The van der Waals surface area contributed by atoms with E-state index >= 15 is 0 Å². The van der Waals surface area contributed by atoms with E-state index in [1.807, 2.05) is 24.3 Å². The average molecular weight is 249 g/mol. The van der Waals surface area contributed by atoms with Gasteiger partial charge >= 0.3 is 5.97 Å². The first-order valence-electron chi connectivity index (χ1n) is 6.21. The lowest BCUT2D eigenvalue weighted by molar-refractivity contribution is -0.150. The molecule has 1 aromatic rings. The van der Waals surface area contributed by atoms with Crippen molar-refractivity contribution in [3.63, 3.8) is 0 Å². The molecule has 1 aliphatic rings. The van der Waals surface area contributed by atoms with Gasteiger partial charge in [-0.15, -0.1) is 0 Å². The van der Waals surface area contributed by atoms with Crippen molar-refractivity contribution in [1.82, 2.24) is 5.32 Å². The van der Waals surface area contributed by atoms with Crippen LogP contribution in [-0.4, -0.2) is 26.2 Å². The fourth-order valence-electron chi connectivity index (χ4n) is 2.15. The number of methoxy groups -OCH3 is 1. The maximum atomic E-state index is 11.9. The quantitative estimate of drug-likeness (QED) is 0.823. The summed E-state index contributed by atoms with van der Waals surface area (Å²) >= 11 is 0. The smallest absolute Gasteiger partial charge is 0.310 e. The zero-order valence-corrected chi connectivity index (χ0v) is 10.8. The van der Waals surface area contributed by atoms with Crippen molar-refractivity contribution in [2.24, 2.45) is 11.8 Å². The van der Waals surface area contributed by atoms with E-state index in [0.717, 1.165) is 24.4 Å². The Morgan fingerprint density at radius 3 is 2.94 bits per heavy atom. The zero-order valence-electron chi connectivity index (χ0n) is 10.8. The van der Waals surface area contributed by atoms with E-state index in [1.54, 1.807) is 7.11 Å². The Morgan fingerprint density at radius 2 is 2.28 bits per heavy atom. The Labute approximate surface area is 107 Å². The molecule has 0 saturated carbocycles. The minimum Gasteiger partial charge on any atom is -0.497 e. The number of carbonyl (C=O) groups is 1. The predicted molar refractivity (Wildman–Crippen MR) is 68.3 cm³/mol. The Morgan fingerprint density at radius 1 is 1.44 bits per heavy atom. The van der Waals surface area contributed by atoms with Crippen LogP contribution in [0.15, 0.2) is 24.3 Å². The summed E-state index contributed by atoms with van der Waals surface area (Å²) < 4.78 is 10.5. The molecule has 18 heavy (non-hydrogen) atoms. The van der Waals surface area contributed by atoms with Gasteiger partial charge in [-0.2, -0.15) is 0 Å². The lowest BCUT2D eigenvalue weighted by Crippen LogP contribution is -2.23. The third-order valence-electron chi connectivity index (χ3n) is 3.34. The molecule has 0 spiro atoms. The molecule has 1 heterocycles. The molecule has 98 valence electrons. The number of esters is 1. The number of hydrogen-bond donors (Lipinski definition) is 1. The van der Waals surface area contributed by atoms with Crippen LogP contribution >= 0.6 is 0 Å². The third kappa shape index (κ3) is 3.01. The van der Waals surface area contributed by atoms with Crippen molar-refractivity contribution in [1.29, 1.82) is 0 Å². The predicted octanol–water partition coefficient (Wildman–Crippen LogP) is 1.59. The molecule has 1 N–H and O–H groups in total. The van der Waals surface area contributed by atoms with E-state index < -0.39 is 0 Å². The van der Waals surface area contributed by atoms with E-state index in [0.29, 0.717) is 12.5 Å². The van der Waals surface area contributed by atoms with Gasteiger partial charge in [0.2, 0.25) is 0 Å². The van der Waals surface area contributed by atoms with Crippen LogP contribution in [0.2, 0.25) is 0 Å². The Kier molecular flexibility index (Phi) is 4.20. The maximum absolute atomic E-state index is 11.9. The lowest BCUT2D eigenvalue weighted by Gasteiger charge is -2.13. The van der Waals surface area contributed by atoms with Gasteiger partial charge < -0.3 is 14.8 Å². The van der Waals surface area contributed by atoms with Crippen molar-refractivity contribution in [2.45, 2.75) is 13.5 Å². The first-order valence-corrected chi connectivity index (χ1v) is 6.21. The molecule has 4 nitrogen and oxygen atoms in total. The first-order chi connectivity index (χ1) is 8.70. The van der Waals surface area contributed by atoms with Crippen molar-refractivity contribution >= 4 is 5.97 Å². The average Bonchev–Trinajstić information content (AvgIpc) is 2.82. The molecular formula is C14H19NO3. The highest BCUT2D eigenvalue weighted by Gasteiger charge is 2.30. The second kappa shape index (κ2) is 5.87. The van der Waals surface area contributed by atoms with Gasteiger partial charge in [0, 0.05) is 6.54 Å². The van der Waals surface area contributed by atoms with Gasteiger partial charge in [-0.1, -0.05) is 19.1 Å². The van der Waals surface area contributed by atoms with Crippen LogP contribution in [0, 0.1) is 11.8 Å². The van der Waals surface area contributed by atoms with Gasteiger partial charge in [0.05, 0.1) is 13.0 Å². The topological polar surface area (TPSA) is 47.6 Å². The Bertz CT molecular complexity index is 419. The van der Waals surface area contributed by atoms with Crippen LogP contribution in [-0.2, 0) is 16.1 Å². The minimum absolute atomic E-state index is 0.0180. The largest absolute Gasteiger partial charge is 0.497 e. The molecule has 0 aliphatic carbocycles. The van der Waals surface area contributed by atoms with E-state index in [1.165, 1.54) is 0 Å². The van der Waals surface area contributed by atoms with Gasteiger partial charge in [0.15, 0.2) is 0 Å². The summed E-state index contributed by atoms with van der Waals surface area (Å²) in [7, 11) is 1.62. The summed E-state index contributed by atoms with van der Waals surface area (Å²) in [4.78, 5) is 11.9. The number of ether oxygens (including phenoxy) is 2. The molecule has 2 atom stereocenters. The summed E-state index contributed by atoms with van der Waals surface area (Å²) in [6.07, 6.45) is 0. The molecular weight excluding hydrogens is 230 g/mol. The molecule has 4 heteroatoms. The number of hydrogen-bond acceptors (Lipinski definition) is 4. The van der Waals surface area contributed by atoms with Gasteiger partial charge in [-0.25, -0.2) is 0 Å². The molecule has 0 unspecified atom stereocenters. The lowest BCUT2D eigenvalue weighted by atomic mass is 9.99. The fraction of sp³-hybridized carbons (Fsp3) is 0.500. The number of rotatable bonds is 4. The van der Waals surface area contributed by atoms with Crippen molar-refractivity contribution in [2.75, 3.05) is 20.2 Å². The number of carbonyl (C=O) groups excluding carboxylic acids is 1. The highest BCUT2D eigenvalue weighted by Crippen LogP contribution is 2.19. The maximum Gasteiger partial charge on any atom is 0.310 e. The monoisotopic (exact) mass is 249 g/mol. The van der Waals surface area contributed by atoms with Crippen molar-refractivity contribution in [3.05, 3.63) is 29.8 Å². The molecule has 0 aromatic heterocycles. The molecule has 0 bridgehead atoms. The van der Waals surface area contributed by atoms with Crippen molar-refractivity contribution in [3.8, 4) is 5.75 Å². The van der Waals surface area contributed by atoms with Gasteiger partial charge in [0.1, 0.15) is 12.4 Å². The zero-order chi connectivity index (χ0) is 13.0. The second-order valence-electron chi connectivity index (χ2n) is 4.70. The van der Waals surface area contributed by atoms with Crippen LogP contribution < -0.4 is 10.1 Å². The summed E-state index contributed by atoms with van der Waals surface area (Å²) in [6.45, 7) is 3.98. The Balaban J connectivity index is 1.88. The van der Waals surface area contributed by atoms with Gasteiger partial charge in [-0.05, 0) is 30.2 Å². The van der Waals surface area contributed by atoms with Crippen LogP contribution in [0.1, 0.15) is 12.5 Å². The number of benzene rings is 1. The molecule has 1 aliphatic heterocycles. The molecule has 1 fully saturated rings. The third-order valence-corrected chi connectivity index (χ3v) is 3.34. The first kappa shape index (κ1) is 12.9. The fourth-order valence-corrected chi connectivity index (χ4v) is 2.15. The Hall–Kier alpha value is -1.55. The van der Waals surface area contributed by atoms with Crippen LogP contribution in [0.4, 0.5) is 0 Å². The minimum atomic E-state index is -0.115. The second-order valence-corrected chi connectivity index (χ2v) is 4.70. The highest BCUT2D eigenvalue weighted by molar-refractivity contribution is 5.73. The van der Waals surface area contributed by atoms with E-state index in [2.05, 4.69) is 12.2 Å². The summed E-state index contributed by atoms with van der Waals surface area (Å²) in [5, 5.41) is 3.20. The molecule has 0 radical (unpaired) electrons. The summed E-state index contributed by atoms with van der Waals surface area (Å²) in [5.41, 5.74) is 0.946. The van der Waals surface area contributed by atoms with Crippen molar-refractivity contribution < 1.29 is 14.3 Å². The molecule has 2 rings (SSSR count). The van der Waals surface area contributed by atoms with Crippen LogP contribution in [0.3, 0.4) is 0 Å². The van der Waals surface area contributed by atoms with E-state index in [4.69, 9.17) is 9.47 Å². The van der Waals surface area contributed by atoms with E-state index in [-0.39, 0.29) is 11.9 Å². The summed E-state index contributed by atoms with van der Waals surface area (Å²) in [6, 6.07) is 7.56. The number of nitrogens with one attached hydrogen (secondary N) is 1.